The first kappa shape index (κ1) is 19.7. The van der Waals surface area contributed by atoms with Crippen LogP contribution in [0.2, 0.25) is 0 Å². The van der Waals surface area contributed by atoms with Gasteiger partial charge in [0, 0.05) is 41.5 Å². The molecule has 0 spiro atoms. The second-order valence-electron chi connectivity index (χ2n) is 7.07. The average Bonchev–Trinajstić information content (AvgIpc) is 3.20. The topological polar surface area (TPSA) is 64.2 Å². The molecule has 152 valence electrons. The highest BCUT2D eigenvalue weighted by Crippen LogP contribution is 2.34. The summed E-state index contributed by atoms with van der Waals surface area (Å²) in [6, 6.07) is 20.0. The second-order valence-corrected chi connectivity index (χ2v) is 7.07. The summed E-state index contributed by atoms with van der Waals surface area (Å²) in [4.78, 5) is 19.7. The Labute approximate surface area is 175 Å². The summed E-state index contributed by atoms with van der Waals surface area (Å²) in [5.74, 6) is 0.471. The van der Waals surface area contributed by atoms with Crippen molar-refractivity contribution in [3.05, 3.63) is 95.9 Å². The number of hydrogen-bond donors (Lipinski definition) is 1. The number of carbonyl (C=O) groups is 1. The molecule has 0 aliphatic heterocycles. The lowest BCUT2D eigenvalue weighted by Crippen LogP contribution is -2.11. The Bertz CT molecular complexity index is 1110. The minimum Gasteiger partial charge on any atom is -0.489 e. The minimum absolute atomic E-state index is 0.114. The summed E-state index contributed by atoms with van der Waals surface area (Å²) < 4.78 is 11.2. The number of esters is 1. The predicted molar refractivity (Wildman–Crippen MR) is 116 cm³/mol. The summed E-state index contributed by atoms with van der Waals surface area (Å²) in [7, 11) is 0. The van der Waals surface area contributed by atoms with Crippen LogP contribution in [0.1, 0.15) is 36.0 Å². The molecule has 1 atom stereocenters. The zero-order valence-electron chi connectivity index (χ0n) is 16.9. The van der Waals surface area contributed by atoms with Gasteiger partial charge in [-0.3, -0.25) is 9.78 Å². The maximum Gasteiger partial charge on any atom is 0.306 e. The van der Waals surface area contributed by atoms with Crippen LogP contribution in [0.4, 0.5) is 0 Å². The number of nitrogens with zero attached hydrogens (tertiary/aromatic N) is 1. The molecule has 30 heavy (non-hydrogen) atoms. The molecule has 1 unspecified atom stereocenters. The van der Waals surface area contributed by atoms with Crippen molar-refractivity contribution in [3.63, 3.8) is 0 Å². The SMILES string of the molecule is CCOC(=O)CC(c1ccncc1)c1c[nH]c2cc(OCc3ccccc3)ccc12. The third-order valence-corrected chi connectivity index (χ3v) is 5.09. The molecule has 0 aliphatic rings. The molecule has 0 saturated carbocycles. The number of ether oxygens (including phenoxy) is 2. The number of rotatable bonds is 8. The molecule has 2 aromatic heterocycles. The molecule has 2 aromatic carbocycles. The van der Waals surface area contributed by atoms with Crippen LogP contribution < -0.4 is 4.74 Å². The van der Waals surface area contributed by atoms with E-state index in [9.17, 15) is 4.79 Å². The normalized spacial score (nSPS) is 11.9. The van der Waals surface area contributed by atoms with Crippen LogP contribution in [0.15, 0.2) is 79.3 Å². The van der Waals surface area contributed by atoms with Gasteiger partial charge in [0.2, 0.25) is 0 Å². The molecule has 2 heterocycles. The molecular formula is C25H24N2O3. The van der Waals surface area contributed by atoms with Gasteiger partial charge in [0.05, 0.1) is 13.0 Å². The highest BCUT2D eigenvalue weighted by molar-refractivity contribution is 5.86. The van der Waals surface area contributed by atoms with Crippen molar-refractivity contribution in [2.75, 3.05) is 6.61 Å². The standard InChI is InChI=1S/C25H24N2O3/c1-2-29-25(28)15-22(19-10-12-26-13-11-19)23-16-27-24-14-20(8-9-21(23)24)30-17-18-6-4-3-5-7-18/h3-14,16,22,27H,2,15,17H2,1H3. The Balaban J connectivity index is 1.60. The highest BCUT2D eigenvalue weighted by Gasteiger charge is 2.22. The number of aromatic amines is 1. The number of hydrogen-bond acceptors (Lipinski definition) is 4. The summed E-state index contributed by atoms with van der Waals surface area (Å²) in [5, 5.41) is 1.06. The molecule has 0 saturated heterocycles. The first-order valence-electron chi connectivity index (χ1n) is 10.1. The first-order valence-corrected chi connectivity index (χ1v) is 10.1. The lowest BCUT2D eigenvalue weighted by Gasteiger charge is -2.16. The van der Waals surface area contributed by atoms with Gasteiger partial charge < -0.3 is 14.5 Å². The van der Waals surface area contributed by atoms with Gasteiger partial charge in [0.1, 0.15) is 12.4 Å². The van der Waals surface area contributed by atoms with E-state index in [4.69, 9.17) is 9.47 Å². The smallest absolute Gasteiger partial charge is 0.306 e. The van der Waals surface area contributed by atoms with Crippen molar-refractivity contribution in [1.29, 1.82) is 0 Å². The number of aromatic nitrogens is 2. The van der Waals surface area contributed by atoms with Crippen LogP contribution in [-0.4, -0.2) is 22.5 Å². The van der Waals surface area contributed by atoms with Crippen molar-refractivity contribution in [3.8, 4) is 5.75 Å². The monoisotopic (exact) mass is 400 g/mol. The Morgan fingerprint density at radius 1 is 1.07 bits per heavy atom. The average molecular weight is 400 g/mol. The molecule has 0 amide bonds. The van der Waals surface area contributed by atoms with Crippen molar-refractivity contribution >= 4 is 16.9 Å². The van der Waals surface area contributed by atoms with Gasteiger partial charge in [0.15, 0.2) is 0 Å². The van der Waals surface area contributed by atoms with Gasteiger partial charge in [-0.05, 0) is 47.9 Å². The minimum atomic E-state index is -0.212. The number of nitrogens with one attached hydrogen (secondary N) is 1. The van der Waals surface area contributed by atoms with Crippen LogP contribution in [0.3, 0.4) is 0 Å². The third-order valence-electron chi connectivity index (χ3n) is 5.09. The maximum absolute atomic E-state index is 12.3. The van der Waals surface area contributed by atoms with Crippen molar-refractivity contribution < 1.29 is 14.3 Å². The van der Waals surface area contributed by atoms with E-state index < -0.39 is 0 Å². The lowest BCUT2D eigenvalue weighted by atomic mass is 9.89. The largest absolute Gasteiger partial charge is 0.489 e. The predicted octanol–water partition coefficient (Wildman–Crippen LogP) is 5.23. The fourth-order valence-corrected chi connectivity index (χ4v) is 3.64. The third kappa shape index (κ3) is 4.51. The van der Waals surface area contributed by atoms with Crippen LogP contribution >= 0.6 is 0 Å². The Hall–Kier alpha value is -3.60. The quantitative estimate of drug-likeness (QED) is 0.412. The lowest BCUT2D eigenvalue weighted by molar-refractivity contribution is -0.143. The number of H-pyrrole nitrogens is 1. The summed E-state index contributed by atoms with van der Waals surface area (Å²) >= 11 is 0. The zero-order valence-corrected chi connectivity index (χ0v) is 16.9. The molecule has 5 nitrogen and oxygen atoms in total. The molecule has 4 rings (SSSR count). The number of pyridine rings is 1. The van der Waals surface area contributed by atoms with Crippen LogP contribution in [0.5, 0.6) is 5.75 Å². The van der Waals surface area contributed by atoms with Gasteiger partial charge in [0.25, 0.3) is 0 Å². The van der Waals surface area contributed by atoms with Crippen molar-refractivity contribution in [2.45, 2.75) is 25.9 Å². The highest BCUT2D eigenvalue weighted by atomic mass is 16.5. The Morgan fingerprint density at radius 2 is 1.87 bits per heavy atom. The molecule has 4 aromatic rings. The van der Waals surface area contributed by atoms with Crippen LogP contribution in [0, 0.1) is 0 Å². The second kappa shape index (κ2) is 9.27. The van der Waals surface area contributed by atoms with Gasteiger partial charge >= 0.3 is 5.97 Å². The van der Waals surface area contributed by atoms with Crippen molar-refractivity contribution in [2.24, 2.45) is 0 Å². The van der Waals surface area contributed by atoms with Gasteiger partial charge in [-0.2, -0.15) is 0 Å². The Kier molecular flexibility index (Phi) is 6.09. The molecule has 0 bridgehead atoms. The van der Waals surface area contributed by atoms with E-state index in [1.54, 1.807) is 12.4 Å². The summed E-state index contributed by atoms with van der Waals surface area (Å²) in [6.45, 7) is 2.71. The summed E-state index contributed by atoms with van der Waals surface area (Å²) in [5.41, 5.74) is 4.18. The molecular weight excluding hydrogens is 376 g/mol. The van der Waals surface area contributed by atoms with E-state index in [1.165, 1.54) is 0 Å². The van der Waals surface area contributed by atoms with Crippen molar-refractivity contribution in [1.82, 2.24) is 9.97 Å². The molecule has 0 radical (unpaired) electrons. The van der Waals surface area contributed by atoms with E-state index in [1.807, 2.05) is 73.8 Å². The molecule has 0 aliphatic carbocycles. The van der Waals surface area contributed by atoms with E-state index in [2.05, 4.69) is 9.97 Å². The molecule has 0 fully saturated rings. The van der Waals surface area contributed by atoms with E-state index in [0.717, 1.165) is 33.3 Å². The van der Waals surface area contributed by atoms with Gasteiger partial charge in [-0.15, -0.1) is 0 Å². The zero-order chi connectivity index (χ0) is 20.8. The number of benzene rings is 2. The first-order chi connectivity index (χ1) is 14.7. The van der Waals surface area contributed by atoms with Crippen LogP contribution in [-0.2, 0) is 16.1 Å². The summed E-state index contributed by atoms with van der Waals surface area (Å²) in [6.07, 6.45) is 5.74. The fourth-order valence-electron chi connectivity index (χ4n) is 3.64. The number of fused-ring (bicyclic) bond motifs is 1. The van der Waals surface area contributed by atoms with Gasteiger partial charge in [-0.1, -0.05) is 30.3 Å². The van der Waals surface area contributed by atoms with Crippen LogP contribution in [0.25, 0.3) is 10.9 Å². The fraction of sp³-hybridized carbons (Fsp3) is 0.200. The Morgan fingerprint density at radius 3 is 2.63 bits per heavy atom. The van der Waals surface area contributed by atoms with E-state index >= 15 is 0 Å². The maximum atomic E-state index is 12.3. The van der Waals surface area contributed by atoms with Gasteiger partial charge in [-0.25, -0.2) is 0 Å². The van der Waals surface area contributed by atoms with E-state index in [0.29, 0.717) is 13.2 Å². The molecule has 1 N–H and O–H groups in total. The van der Waals surface area contributed by atoms with E-state index in [-0.39, 0.29) is 18.3 Å². The number of carbonyl (C=O) groups excluding carboxylic acids is 1. The molecule has 5 heteroatoms.